The van der Waals surface area contributed by atoms with Crippen LogP contribution in [0.5, 0.6) is 0 Å². The van der Waals surface area contributed by atoms with Crippen molar-refractivity contribution in [1.29, 1.82) is 0 Å². The predicted octanol–water partition coefficient (Wildman–Crippen LogP) is 2.15. The van der Waals surface area contributed by atoms with Gasteiger partial charge in [0.1, 0.15) is 0 Å². The molecule has 2 N–H and O–H groups in total. The standard InChI is InChI=1S/C12H26N2/c1-9(2)11(14-10-6-7-10)8-13-12(3,4)5/h9-11,13-14H,6-8H2,1-5H3. The monoisotopic (exact) mass is 198 g/mol. The van der Waals surface area contributed by atoms with E-state index in [4.69, 9.17) is 0 Å². The normalized spacial score (nSPS) is 20.1. The summed E-state index contributed by atoms with van der Waals surface area (Å²) >= 11 is 0. The van der Waals surface area contributed by atoms with E-state index in [1.54, 1.807) is 0 Å². The van der Waals surface area contributed by atoms with Gasteiger partial charge in [-0.25, -0.2) is 0 Å². The molecule has 0 aliphatic heterocycles. The van der Waals surface area contributed by atoms with Crippen LogP contribution in [0.3, 0.4) is 0 Å². The van der Waals surface area contributed by atoms with Crippen LogP contribution in [0, 0.1) is 5.92 Å². The molecule has 1 rings (SSSR count). The van der Waals surface area contributed by atoms with Crippen molar-refractivity contribution in [3.8, 4) is 0 Å². The second-order valence-electron chi connectivity index (χ2n) is 5.92. The van der Waals surface area contributed by atoms with Crippen LogP contribution >= 0.6 is 0 Å². The molecule has 0 amide bonds. The maximum absolute atomic E-state index is 3.70. The molecule has 0 spiro atoms. The molecule has 0 aromatic carbocycles. The molecular formula is C12H26N2. The maximum Gasteiger partial charge on any atom is 0.0218 e. The molecule has 0 bridgehead atoms. The van der Waals surface area contributed by atoms with Crippen molar-refractivity contribution in [2.75, 3.05) is 6.54 Å². The highest BCUT2D eigenvalue weighted by molar-refractivity contribution is 4.88. The Kier molecular flexibility index (Phi) is 3.96. The van der Waals surface area contributed by atoms with Crippen LogP contribution in [0.25, 0.3) is 0 Å². The molecule has 1 saturated carbocycles. The first-order valence-electron chi connectivity index (χ1n) is 5.89. The summed E-state index contributed by atoms with van der Waals surface area (Å²) in [6.45, 7) is 12.3. The summed E-state index contributed by atoms with van der Waals surface area (Å²) in [5.41, 5.74) is 0.234. The summed E-state index contributed by atoms with van der Waals surface area (Å²) in [7, 11) is 0. The van der Waals surface area contributed by atoms with Gasteiger partial charge in [0.25, 0.3) is 0 Å². The topological polar surface area (TPSA) is 24.1 Å². The highest BCUT2D eigenvalue weighted by atomic mass is 15.1. The molecule has 0 aromatic rings. The summed E-state index contributed by atoms with van der Waals surface area (Å²) < 4.78 is 0. The molecule has 1 atom stereocenters. The minimum absolute atomic E-state index is 0.234. The van der Waals surface area contributed by atoms with Crippen LogP contribution in [0.15, 0.2) is 0 Å². The van der Waals surface area contributed by atoms with Crippen molar-refractivity contribution < 1.29 is 0 Å². The molecule has 1 unspecified atom stereocenters. The van der Waals surface area contributed by atoms with Crippen molar-refractivity contribution in [3.05, 3.63) is 0 Å². The Morgan fingerprint density at radius 2 is 1.79 bits per heavy atom. The quantitative estimate of drug-likeness (QED) is 0.707. The summed E-state index contributed by atoms with van der Waals surface area (Å²) in [5, 5.41) is 7.27. The van der Waals surface area contributed by atoms with Crippen LogP contribution < -0.4 is 10.6 Å². The number of hydrogen-bond acceptors (Lipinski definition) is 2. The van der Waals surface area contributed by atoms with Gasteiger partial charge in [-0.1, -0.05) is 13.8 Å². The Morgan fingerprint density at radius 1 is 1.21 bits per heavy atom. The van der Waals surface area contributed by atoms with E-state index in [0.29, 0.717) is 12.0 Å². The van der Waals surface area contributed by atoms with E-state index in [2.05, 4.69) is 45.3 Å². The van der Waals surface area contributed by atoms with Crippen molar-refractivity contribution in [3.63, 3.8) is 0 Å². The molecule has 0 radical (unpaired) electrons. The molecule has 1 aliphatic rings. The Balaban J connectivity index is 2.27. The van der Waals surface area contributed by atoms with Gasteiger partial charge in [-0.05, 0) is 39.5 Å². The second-order valence-corrected chi connectivity index (χ2v) is 5.92. The van der Waals surface area contributed by atoms with Crippen molar-refractivity contribution >= 4 is 0 Å². The zero-order valence-electron chi connectivity index (χ0n) is 10.4. The first-order chi connectivity index (χ1) is 6.38. The molecule has 14 heavy (non-hydrogen) atoms. The fourth-order valence-corrected chi connectivity index (χ4v) is 1.46. The van der Waals surface area contributed by atoms with Gasteiger partial charge in [0, 0.05) is 24.2 Å². The van der Waals surface area contributed by atoms with Gasteiger partial charge in [-0.3, -0.25) is 0 Å². The first-order valence-corrected chi connectivity index (χ1v) is 5.89. The Hall–Kier alpha value is -0.0800. The zero-order chi connectivity index (χ0) is 10.8. The molecule has 84 valence electrons. The minimum atomic E-state index is 0.234. The van der Waals surface area contributed by atoms with Crippen LogP contribution in [-0.2, 0) is 0 Å². The highest BCUT2D eigenvalue weighted by Crippen LogP contribution is 2.20. The Morgan fingerprint density at radius 3 is 2.14 bits per heavy atom. The largest absolute Gasteiger partial charge is 0.311 e. The molecule has 0 aromatic heterocycles. The molecule has 2 heteroatoms. The van der Waals surface area contributed by atoms with Gasteiger partial charge >= 0.3 is 0 Å². The lowest BCUT2D eigenvalue weighted by molar-refractivity contribution is 0.328. The molecule has 1 fully saturated rings. The number of nitrogens with one attached hydrogen (secondary N) is 2. The van der Waals surface area contributed by atoms with Crippen molar-refractivity contribution in [1.82, 2.24) is 10.6 Å². The van der Waals surface area contributed by atoms with E-state index in [1.165, 1.54) is 12.8 Å². The van der Waals surface area contributed by atoms with Gasteiger partial charge in [-0.2, -0.15) is 0 Å². The van der Waals surface area contributed by atoms with E-state index in [-0.39, 0.29) is 5.54 Å². The first kappa shape index (κ1) is 12.0. The number of rotatable bonds is 5. The van der Waals surface area contributed by atoms with Crippen LogP contribution in [0.1, 0.15) is 47.5 Å². The highest BCUT2D eigenvalue weighted by Gasteiger charge is 2.26. The van der Waals surface area contributed by atoms with E-state index < -0.39 is 0 Å². The zero-order valence-corrected chi connectivity index (χ0v) is 10.4. The van der Waals surface area contributed by atoms with E-state index in [0.717, 1.165) is 12.6 Å². The smallest absolute Gasteiger partial charge is 0.0218 e. The molecule has 0 saturated heterocycles. The van der Waals surface area contributed by atoms with Gasteiger partial charge in [0.05, 0.1) is 0 Å². The Bertz CT molecular complexity index is 166. The van der Waals surface area contributed by atoms with Gasteiger partial charge in [0.15, 0.2) is 0 Å². The van der Waals surface area contributed by atoms with E-state index in [9.17, 15) is 0 Å². The van der Waals surface area contributed by atoms with Crippen molar-refractivity contribution in [2.24, 2.45) is 5.92 Å². The van der Waals surface area contributed by atoms with Crippen LogP contribution in [-0.4, -0.2) is 24.2 Å². The Labute approximate surface area is 88.8 Å². The fraction of sp³-hybridized carbons (Fsp3) is 1.00. The number of hydrogen-bond donors (Lipinski definition) is 2. The lowest BCUT2D eigenvalue weighted by atomic mass is 10.0. The molecule has 1 aliphatic carbocycles. The van der Waals surface area contributed by atoms with Crippen LogP contribution in [0.2, 0.25) is 0 Å². The minimum Gasteiger partial charge on any atom is -0.311 e. The maximum atomic E-state index is 3.70. The summed E-state index contributed by atoms with van der Waals surface area (Å²) in [6, 6.07) is 1.44. The summed E-state index contributed by atoms with van der Waals surface area (Å²) in [5.74, 6) is 0.713. The molecule has 2 nitrogen and oxygen atoms in total. The average molecular weight is 198 g/mol. The van der Waals surface area contributed by atoms with Crippen molar-refractivity contribution in [2.45, 2.75) is 65.1 Å². The molecular weight excluding hydrogens is 172 g/mol. The third-order valence-corrected chi connectivity index (χ3v) is 2.68. The average Bonchev–Trinajstić information content (AvgIpc) is 2.78. The van der Waals surface area contributed by atoms with E-state index in [1.807, 2.05) is 0 Å². The molecule has 0 heterocycles. The fourth-order valence-electron chi connectivity index (χ4n) is 1.46. The van der Waals surface area contributed by atoms with Gasteiger partial charge < -0.3 is 10.6 Å². The van der Waals surface area contributed by atoms with Crippen LogP contribution in [0.4, 0.5) is 0 Å². The lowest BCUT2D eigenvalue weighted by Gasteiger charge is -2.28. The summed E-state index contributed by atoms with van der Waals surface area (Å²) in [6.07, 6.45) is 2.75. The predicted molar refractivity (Wildman–Crippen MR) is 62.5 cm³/mol. The third-order valence-electron chi connectivity index (χ3n) is 2.68. The lowest BCUT2D eigenvalue weighted by Crippen LogP contribution is -2.48. The SMILES string of the molecule is CC(C)C(CNC(C)(C)C)NC1CC1. The third kappa shape index (κ3) is 4.97. The van der Waals surface area contributed by atoms with Gasteiger partial charge in [0.2, 0.25) is 0 Å². The van der Waals surface area contributed by atoms with E-state index >= 15 is 0 Å². The second kappa shape index (κ2) is 4.63. The summed E-state index contributed by atoms with van der Waals surface area (Å²) in [4.78, 5) is 0. The van der Waals surface area contributed by atoms with Gasteiger partial charge in [-0.15, -0.1) is 0 Å².